The molecule has 0 unspecified atom stereocenters. The minimum absolute atomic E-state index is 0.0844. The van der Waals surface area contributed by atoms with Crippen LogP contribution in [0.3, 0.4) is 0 Å². The van der Waals surface area contributed by atoms with Gasteiger partial charge < -0.3 is 26.1 Å². The van der Waals surface area contributed by atoms with Crippen LogP contribution < -0.4 is 16.0 Å². The van der Waals surface area contributed by atoms with Crippen molar-refractivity contribution in [3.63, 3.8) is 0 Å². The third-order valence-corrected chi connectivity index (χ3v) is 3.47. The molecule has 1 heterocycles. The lowest BCUT2D eigenvalue weighted by Gasteiger charge is -2.18. The van der Waals surface area contributed by atoms with E-state index < -0.39 is 11.6 Å². The quantitative estimate of drug-likeness (QED) is 0.181. The van der Waals surface area contributed by atoms with E-state index in [1.807, 2.05) is 32.0 Å². The number of nitrogens with one attached hydrogen (secondary N) is 3. The molecule has 11 heteroatoms. The van der Waals surface area contributed by atoms with Crippen molar-refractivity contribution in [3.05, 3.63) is 47.4 Å². The van der Waals surface area contributed by atoms with Gasteiger partial charge in [0, 0.05) is 38.9 Å². The summed E-state index contributed by atoms with van der Waals surface area (Å²) >= 11 is 0. The molecule has 0 atom stereocenters. The Labute approximate surface area is 154 Å². The number of hydrogen-bond acceptors (Lipinski definition) is 8. The number of halogens is 2. The Hall–Kier alpha value is -3.37. The van der Waals surface area contributed by atoms with E-state index in [9.17, 15) is 14.0 Å². The van der Waals surface area contributed by atoms with E-state index in [4.69, 9.17) is 0 Å². The summed E-state index contributed by atoms with van der Waals surface area (Å²) in [7, 11) is 3.84. The topological polar surface area (TPSA) is 111 Å². The first kappa shape index (κ1) is 19.9. The molecule has 0 fully saturated rings. The summed E-state index contributed by atoms with van der Waals surface area (Å²) in [6.45, 7) is 2.96. The van der Waals surface area contributed by atoms with E-state index in [-0.39, 0.29) is 23.0 Å². The van der Waals surface area contributed by atoms with Crippen LogP contribution in [0.4, 0.5) is 20.3 Å². The SMILES string of the molecule is C/C=C(/NCCNc1nonc1/C(=N/O)Nc1ccc(F)c(F)c1)N(C)C. The lowest BCUT2D eigenvalue weighted by Crippen LogP contribution is -2.29. The van der Waals surface area contributed by atoms with Crippen LogP contribution in [0.5, 0.6) is 0 Å². The molecular formula is C16H21F2N7O2. The van der Waals surface area contributed by atoms with E-state index in [0.717, 1.165) is 18.0 Å². The highest BCUT2D eigenvalue weighted by atomic mass is 19.2. The number of amidine groups is 1. The second-order valence-corrected chi connectivity index (χ2v) is 5.59. The van der Waals surface area contributed by atoms with E-state index in [2.05, 4.69) is 36.0 Å². The van der Waals surface area contributed by atoms with Crippen LogP contribution in [-0.4, -0.2) is 53.4 Å². The molecule has 1 aromatic heterocycles. The largest absolute Gasteiger partial charge is 0.409 e. The highest BCUT2D eigenvalue weighted by molar-refractivity contribution is 6.09. The van der Waals surface area contributed by atoms with Crippen molar-refractivity contribution in [2.75, 3.05) is 37.8 Å². The van der Waals surface area contributed by atoms with Crippen molar-refractivity contribution in [3.8, 4) is 0 Å². The molecule has 0 spiro atoms. The fourth-order valence-corrected chi connectivity index (χ4v) is 2.19. The number of nitrogens with zero attached hydrogens (tertiary/aromatic N) is 4. The zero-order valence-electron chi connectivity index (χ0n) is 15.1. The van der Waals surface area contributed by atoms with Crippen LogP contribution >= 0.6 is 0 Å². The standard InChI is InChI=1S/C16H21F2N7O2/c1-4-13(25(2)3)19-7-8-20-15-14(23-27-24-15)16(22-26)21-10-5-6-11(17)12(18)9-10/h4-6,9,19,26H,7-8H2,1-3H3,(H,20,24)(H,21,22)/b13-4-. The minimum atomic E-state index is -1.04. The number of oxime groups is 1. The fraction of sp³-hybridized carbons (Fsp3) is 0.312. The van der Waals surface area contributed by atoms with Crippen LogP contribution in [-0.2, 0) is 0 Å². The van der Waals surface area contributed by atoms with Crippen LogP contribution in [0.2, 0.25) is 0 Å². The maximum atomic E-state index is 13.3. The van der Waals surface area contributed by atoms with Gasteiger partial charge in [-0.05, 0) is 35.4 Å². The van der Waals surface area contributed by atoms with Gasteiger partial charge in [0.2, 0.25) is 11.7 Å². The molecule has 2 aromatic rings. The number of hydrogen-bond donors (Lipinski definition) is 4. The molecular weight excluding hydrogens is 360 g/mol. The monoisotopic (exact) mass is 381 g/mol. The lowest BCUT2D eigenvalue weighted by molar-refractivity contribution is 0.305. The van der Waals surface area contributed by atoms with E-state index in [1.165, 1.54) is 6.07 Å². The second kappa shape index (κ2) is 9.36. The van der Waals surface area contributed by atoms with E-state index >= 15 is 0 Å². The number of rotatable bonds is 8. The van der Waals surface area contributed by atoms with Gasteiger partial charge in [0.15, 0.2) is 17.3 Å². The Kier molecular flexibility index (Phi) is 6.92. The number of aromatic nitrogens is 2. The van der Waals surface area contributed by atoms with Crippen LogP contribution in [0.25, 0.3) is 0 Å². The van der Waals surface area contributed by atoms with Crippen LogP contribution in [0.1, 0.15) is 12.6 Å². The summed E-state index contributed by atoms with van der Waals surface area (Å²) in [4.78, 5) is 1.94. The van der Waals surface area contributed by atoms with Gasteiger partial charge in [-0.1, -0.05) is 5.16 Å². The zero-order chi connectivity index (χ0) is 19.8. The highest BCUT2D eigenvalue weighted by Crippen LogP contribution is 2.16. The van der Waals surface area contributed by atoms with Crippen molar-refractivity contribution < 1.29 is 18.6 Å². The highest BCUT2D eigenvalue weighted by Gasteiger charge is 2.18. The van der Waals surface area contributed by atoms with Gasteiger partial charge >= 0.3 is 0 Å². The molecule has 4 N–H and O–H groups in total. The average molecular weight is 381 g/mol. The van der Waals surface area contributed by atoms with Gasteiger partial charge in [-0.25, -0.2) is 13.4 Å². The maximum Gasteiger partial charge on any atom is 0.203 e. The maximum absolute atomic E-state index is 13.3. The van der Waals surface area contributed by atoms with Gasteiger partial charge in [-0.2, -0.15) is 0 Å². The molecule has 1 aromatic carbocycles. The second-order valence-electron chi connectivity index (χ2n) is 5.59. The summed E-state index contributed by atoms with van der Waals surface area (Å²) < 4.78 is 31.0. The Morgan fingerprint density at radius 2 is 2.04 bits per heavy atom. The normalized spacial score (nSPS) is 12.0. The molecule has 0 saturated heterocycles. The third kappa shape index (κ3) is 5.30. The number of allylic oxidation sites excluding steroid dienone is 1. The van der Waals surface area contributed by atoms with E-state index in [1.54, 1.807) is 0 Å². The Bertz CT molecular complexity index is 821. The van der Waals surface area contributed by atoms with Gasteiger partial charge in [0.25, 0.3) is 0 Å². The number of anilines is 2. The van der Waals surface area contributed by atoms with Gasteiger partial charge in [0.05, 0.1) is 5.82 Å². The van der Waals surface area contributed by atoms with Crippen molar-refractivity contribution >= 4 is 17.3 Å². The van der Waals surface area contributed by atoms with Gasteiger partial charge in [-0.3, -0.25) is 0 Å². The molecule has 9 nitrogen and oxygen atoms in total. The molecule has 0 aliphatic heterocycles. The predicted octanol–water partition coefficient (Wildman–Crippen LogP) is 2.02. The average Bonchev–Trinajstić information content (AvgIpc) is 3.10. The first-order valence-corrected chi connectivity index (χ1v) is 8.04. The Morgan fingerprint density at radius 3 is 2.67 bits per heavy atom. The molecule has 0 amide bonds. The van der Waals surface area contributed by atoms with Crippen molar-refractivity contribution in [2.45, 2.75) is 6.92 Å². The molecule has 0 aliphatic carbocycles. The van der Waals surface area contributed by atoms with Crippen molar-refractivity contribution in [2.24, 2.45) is 5.16 Å². The first-order chi connectivity index (χ1) is 13.0. The summed E-state index contributed by atoms with van der Waals surface area (Å²) in [6.07, 6.45) is 1.94. The van der Waals surface area contributed by atoms with Gasteiger partial charge in [0.1, 0.15) is 0 Å². The minimum Gasteiger partial charge on any atom is -0.409 e. The molecule has 0 saturated carbocycles. The molecule has 0 aliphatic rings. The van der Waals surface area contributed by atoms with Crippen molar-refractivity contribution in [1.29, 1.82) is 0 Å². The summed E-state index contributed by atoms with van der Waals surface area (Å²) in [6, 6.07) is 3.15. The molecule has 0 bridgehead atoms. The fourth-order valence-electron chi connectivity index (χ4n) is 2.19. The van der Waals surface area contributed by atoms with Crippen molar-refractivity contribution in [1.82, 2.24) is 20.5 Å². The molecule has 27 heavy (non-hydrogen) atoms. The summed E-state index contributed by atoms with van der Waals surface area (Å²) in [5.74, 6) is -0.987. The summed E-state index contributed by atoms with van der Waals surface area (Å²) in [5.41, 5.74) is 0.252. The zero-order valence-corrected chi connectivity index (χ0v) is 15.1. The van der Waals surface area contributed by atoms with Crippen LogP contribution in [0, 0.1) is 11.6 Å². The Balaban J connectivity index is 2.00. The van der Waals surface area contributed by atoms with Crippen LogP contribution in [0.15, 0.2) is 39.9 Å². The molecule has 0 radical (unpaired) electrons. The Morgan fingerprint density at radius 1 is 1.26 bits per heavy atom. The molecule has 2 rings (SSSR count). The smallest absolute Gasteiger partial charge is 0.203 e. The molecule has 146 valence electrons. The first-order valence-electron chi connectivity index (χ1n) is 8.04. The van der Waals surface area contributed by atoms with Gasteiger partial charge in [-0.15, -0.1) is 0 Å². The van der Waals surface area contributed by atoms with E-state index in [0.29, 0.717) is 13.1 Å². The summed E-state index contributed by atoms with van der Waals surface area (Å²) in [5, 5.41) is 28.6. The lowest BCUT2D eigenvalue weighted by atomic mass is 10.3. The number of benzene rings is 1. The predicted molar refractivity (Wildman–Crippen MR) is 96.5 cm³/mol. The third-order valence-electron chi connectivity index (χ3n) is 3.47.